The van der Waals surface area contributed by atoms with Crippen LogP contribution in [0, 0.1) is 0 Å². The maximum absolute atomic E-state index is 12.0. The van der Waals surface area contributed by atoms with Crippen molar-refractivity contribution in [1.29, 1.82) is 0 Å². The number of nitrogens with one attached hydrogen (secondary N) is 2. The third-order valence-electron chi connectivity index (χ3n) is 4.27. The molecule has 1 aliphatic rings. The minimum absolute atomic E-state index is 0.0268. The van der Waals surface area contributed by atoms with E-state index in [0.29, 0.717) is 6.04 Å². The first-order valence-electron chi connectivity index (χ1n) is 8.31. The van der Waals surface area contributed by atoms with Crippen LogP contribution in [0.2, 0.25) is 0 Å². The van der Waals surface area contributed by atoms with Crippen molar-refractivity contribution in [2.24, 2.45) is 0 Å². The van der Waals surface area contributed by atoms with Crippen molar-refractivity contribution in [3.05, 3.63) is 29.8 Å². The summed E-state index contributed by atoms with van der Waals surface area (Å²) < 4.78 is 5.19. The number of ether oxygens (including phenoxy) is 1. The van der Waals surface area contributed by atoms with Gasteiger partial charge < -0.3 is 15.4 Å². The Kier molecular flexibility index (Phi) is 6.44. The Balaban J connectivity index is 1.73. The molecular formula is C18H26N2O3. The third-order valence-corrected chi connectivity index (χ3v) is 4.27. The molecule has 2 rings (SSSR count). The van der Waals surface area contributed by atoms with Crippen molar-refractivity contribution in [2.75, 3.05) is 7.11 Å². The molecule has 1 aliphatic carbocycles. The van der Waals surface area contributed by atoms with E-state index in [1.54, 1.807) is 7.11 Å². The maximum Gasteiger partial charge on any atom is 0.220 e. The van der Waals surface area contributed by atoms with Gasteiger partial charge in [-0.2, -0.15) is 0 Å². The molecule has 0 aromatic heterocycles. The molecule has 1 fully saturated rings. The zero-order valence-electron chi connectivity index (χ0n) is 13.9. The lowest BCUT2D eigenvalue weighted by molar-refractivity contribution is -0.127. The molecule has 0 radical (unpaired) electrons. The number of carbonyl (C=O) groups excluding carboxylic acids is 2. The van der Waals surface area contributed by atoms with Crippen molar-refractivity contribution < 1.29 is 14.3 Å². The average Bonchev–Trinajstić information content (AvgIpc) is 3.06. The summed E-state index contributed by atoms with van der Waals surface area (Å²) in [4.78, 5) is 23.8. The van der Waals surface area contributed by atoms with Crippen LogP contribution >= 0.6 is 0 Å². The van der Waals surface area contributed by atoms with E-state index in [0.717, 1.165) is 24.2 Å². The molecular weight excluding hydrogens is 292 g/mol. The Morgan fingerprint density at radius 2 is 1.91 bits per heavy atom. The van der Waals surface area contributed by atoms with Gasteiger partial charge in [0.1, 0.15) is 5.75 Å². The monoisotopic (exact) mass is 318 g/mol. The lowest BCUT2D eigenvalue weighted by Crippen LogP contribution is -2.34. The number of amides is 2. The van der Waals surface area contributed by atoms with Gasteiger partial charge in [-0.05, 0) is 37.5 Å². The molecule has 0 bridgehead atoms. The Bertz CT molecular complexity index is 539. The van der Waals surface area contributed by atoms with Crippen LogP contribution in [-0.2, 0) is 9.59 Å². The number of benzene rings is 1. The summed E-state index contributed by atoms with van der Waals surface area (Å²) in [5.74, 6) is 0.627. The number of rotatable bonds is 7. The molecule has 0 aliphatic heterocycles. The minimum Gasteiger partial charge on any atom is -0.497 e. The van der Waals surface area contributed by atoms with E-state index >= 15 is 0 Å². The van der Waals surface area contributed by atoms with E-state index in [2.05, 4.69) is 10.6 Å². The van der Waals surface area contributed by atoms with Gasteiger partial charge >= 0.3 is 0 Å². The highest BCUT2D eigenvalue weighted by Crippen LogP contribution is 2.19. The fraction of sp³-hybridized carbons (Fsp3) is 0.556. The molecule has 23 heavy (non-hydrogen) atoms. The topological polar surface area (TPSA) is 67.4 Å². The molecule has 1 saturated carbocycles. The van der Waals surface area contributed by atoms with Crippen LogP contribution in [0.4, 0.5) is 0 Å². The standard InChI is InChI=1S/C18H26N2O3/c1-13(14-6-5-9-16(12-14)23-2)19-17(21)10-11-18(22)20-15-7-3-4-8-15/h5-6,9,12-13,15H,3-4,7-8,10-11H2,1-2H3,(H,19,21)(H,20,22)/t13-/m1/s1. The van der Waals surface area contributed by atoms with Crippen LogP contribution in [-0.4, -0.2) is 25.0 Å². The van der Waals surface area contributed by atoms with E-state index in [9.17, 15) is 9.59 Å². The van der Waals surface area contributed by atoms with Gasteiger partial charge in [-0.3, -0.25) is 9.59 Å². The predicted octanol–water partition coefficient (Wildman–Crippen LogP) is 2.71. The van der Waals surface area contributed by atoms with Gasteiger partial charge in [0, 0.05) is 18.9 Å². The van der Waals surface area contributed by atoms with Gasteiger partial charge in [0.15, 0.2) is 0 Å². The third kappa shape index (κ3) is 5.58. The lowest BCUT2D eigenvalue weighted by atomic mass is 10.1. The molecule has 2 amide bonds. The molecule has 0 spiro atoms. The fourth-order valence-corrected chi connectivity index (χ4v) is 2.90. The summed E-state index contributed by atoms with van der Waals surface area (Å²) >= 11 is 0. The number of hydrogen-bond acceptors (Lipinski definition) is 3. The van der Waals surface area contributed by atoms with Crippen molar-refractivity contribution in [3.8, 4) is 5.75 Å². The van der Waals surface area contributed by atoms with Gasteiger partial charge in [0.2, 0.25) is 11.8 Å². The first-order chi connectivity index (χ1) is 11.1. The van der Waals surface area contributed by atoms with Crippen molar-refractivity contribution in [3.63, 3.8) is 0 Å². The van der Waals surface area contributed by atoms with Gasteiger partial charge in [-0.15, -0.1) is 0 Å². The lowest BCUT2D eigenvalue weighted by Gasteiger charge is -2.16. The van der Waals surface area contributed by atoms with Crippen LogP contribution < -0.4 is 15.4 Å². The molecule has 5 heteroatoms. The molecule has 1 aromatic rings. The SMILES string of the molecule is COc1cccc([C@@H](C)NC(=O)CCC(=O)NC2CCCC2)c1. The normalized spacial score (nSPS) is 15.9. The highest BCUT2D eigenvalue weighted by atomic mass is 16.5. The summed E-state index contributed by atoms with van der Waals surface area (Å²) in [7, 11) is 1.62. The Labute approximate surface area is 137 Å². The van der Waals surface area contributed by atoms with Crippen LogP contribution in [0.3, 0.4) is 0 Å². The minimum atomic E-state index is -0.115. The molecule has 1 atom stereocenters. The molecule has 2 N–H and O–H groups in total. The van der Waals surface area contributed by atoms with Gasteiger partial charge in [0.25, 0.3) is 0 Å². The van der Waals surface area contributed by atoms with Crippen LogP contribution in [0.25, 0.3) is 0 Å². The second-order valence-corrected chi connectivity index (χ2v) is 6.11. The molecule has 0 saturated heterocycles. The molecule has 126 valence electrons. The van der Waals surface area contributed by atoms with Crippen LogP contribution in [0.15, 0.2) is 24.3 Å². The summed E-state index contributed by atoms with van der Waals surface area (Å²) in [6, 6.07) is 7.80. The summed E-state index contributed by atoms with van der Waals surface area (Å²) in [5.41, 5.74) is 0.980. The number of methoxy groups -OCH3 is 1. The quantitative estimate of drug-likeness (QED) is 0.812. The number of hydrogen-bond donors (Lipinski definition) is 2. The smallest absolute Gasteiger partial charge is 0.220 e. The van der Waals surface area contributed by atoms with Gasteiger partial charge in [-0.25, -0.2) is 0 Å². The second-order valence-electron chi connectivity index (χ2n) is 6.11. The van der Waals surface area contributed by atoms with E-state index in [1.165, 1.54) is 12.8 Å². The fourth-order valence-electron chi connectivity index (χ4n) is 2.90. The summed E-state index contributed by atoms with van der Waals surface area (Å²) in [5, 5.41) is 5.92. The predicted molar refractivity (Wildman–Crippen MR) is 89.2 cm³/mol. The van der Waals surface area contributed by atoms with E-state index < -0.39 is 0 Å². The molecule has 5 nitrogen and oxygen atoms in total. The maximum atomic E-state index is 12.0. The summed E-state index contributed by atoms with van der Waals surface area (Å²) in [6.45, 7) is 1.92. The summed E-state index contributed by atoms with van der Waals surface area (Å²) in [6.07, 6.45) is 4.95. The van der Waals surface area contributed by atoms with E-state index in [4.69, 9.17) is 4.74 Å². The molecule has 1 aromatic carbocycles. The number of carbonyl (C=O) groups is 2. The second kappa shape index (κ2) is 8.56. The largest absolute Gasteiger partial charge is 0.497 e. The van der Waals surface area contributed by atoms with E-state index in [1.807, 2.05) is 31.2 Å². The van der Waals surface area contributed by atoms with Gasteiger partial charge in [-0.1, -0.05) is 25.0 Å². The molecule has 0 heterocycles. The van der Waals surface area contributed by atoms with Crippen molar-refractivity contribution in [2.45, 2.75) is 57.5 Å². The zero-order valence-corrected chi connectivity index (χ0v) is 13.9. The Morgan fingerprint density at radius 3 is 2.61 bits per heavy atom. The van der Waals surface area contributed by atoms with E-state index in [-0.39, 0.29) is 30.7 Å². The van der Waals surface area contributed by atoms with Crippen molar-refractivity contribution >= 4 is 11.8 Å². The van der Waals surface area contributed by atoms with Crippen LogP contribution in [0.1, 0.15) is 57.1 Å². The highest BCUT2D eigenvalue weighted by molar-refractivity contribution is 5.84. The van der Waals surface area contributed by atoms with Crippen molar-refractivity contribution in [1.82, 2.24) is 10.6 Å². The Morgan fingerprint density at radius 1 is 1.22 bits per heavy atom. The molecule has 0 unspecified atom stereocenters. The van der Waals surface area contributed by atoms with Crippen LogP contribution in [0.5, 0.6) is 5.75 Å². The average molecular weight is 318 g/mol. The first kappa shape index (κ1) is 17.3. The zero-order chi connectivity index (χ0) is 16.7. The van der Waals surface area contributed by atoms with Gasteiger partial charge in [0.05, 0.1) is 13.2 Å². The first-order valence-corrected chi connectivity index (χ1v) is 8.31. The Hall–Kier alpha value is -2.04. The highest BCUT2D eigenvalue weighted by Gasteiger charge is 2.18.